The van der Waals surface area contributed by atoms with Gasteiger partial charge in [0.25, 0.3) is 0 Å². The summed E-state index contributed by atoms with van der Waals surface area (Å²) in [6, 6.07) is 22.5. The molecule has 2 aromatic rings. The molecule has 0 radical (unpaired) electrons. The van der Waals surface area contributed by atoms with E-state index in [9.17, 15) is 0 Å². The summed E-state index contributed by atoms with van der Waals surface area (Å²) in [4.78, 5) is 0. The van der Waals surface area contributed by atoms with Crippen LogP contribution in [0, 0.1) is 0 Å². The average molecular weight is 385 g/mol. The van der Waals surface area contributed by atoms with Gasteiger partial charge in [-0.3, -0.25) is 0 Å². The quantitative estimate of drug-likeness (QED) is 0.328. The van der Waals surface area contributed by atoms with Crippen molar-refractivity contribution in [1.29, 1.82) is 0 Å². The van der Waals surface area contributed by atoms with Crippen LogP contribution in [0.3, 0.4) is 0 Å². The van der Waals surface area contributed by atoms with Gasteiger partial charge in [0.15, 0.2) is 0 Å². The summed E-state index contributed by atoms with van der Waals surface area (Å²) in [5, 5.41) is 0.821. The molecule has 0 aromatic heterocycles. The minimum absolute atomic E-state index is 0.389. The van der Waals surface area contributed by atoms with Crippen LogP contribution in [0.15, 0.2) is 48.5 Å². The van der Waals surface area contributed by atoms with Crippen molar-refractivity contribution in [2.45, 2.75) is 75.9 Å². The lowest BCUT2D eigenvalue weighted by Gasteiger charge is -2.28. The number of hydrogen-bond donors (Lipinski definition) is 0. The molecule has 140 valence electrons. The highest BCUT2D eigenvalue weighted by Gasteiger charge is 2.22. The Bertz CT molecular complexity index is 639. The molecule has 0 nitrogen and oxygen atoms in total. The predicted octanol–water partition coefficient (Wildman–Crippen LogP) is 7.42. The third kappa shape index (κ3) is 5.99. The van der Waals surface area contributed by atoms with Crippen molar-refractivity contribution in [3.8, 4) is 0 Å². The summed E-state index contributed by atoms with van der Waals surface area (Å²) < 4.78 is 0. The van der Waals surface area contributed by atoms with Crippen LogP contribution in [0.2, 0.25) is 23.2 Å². The van der Waals surface area contributed by atoms with Gasteiger partial charge in [-0.05, 0) is 60.4 Å². The number of aryl methyl sites for hydroxylation is 2. The maximum absolute atomic E-state index is 5.96. The molecule has 0 atom stereocenters. The molecule has 2 heteroatoms. The molecule has 1 aliphatic rings. The highest BCUT2D eigenvalue weighted by atomic mass is 35.5. The van der Waals surface area contributed by atoms with Gasteiger partial charge >= 0.3 is 0 Å². The normalized spacial score (nSPS) is 20.2. The van der Waals surface area contributed by atoms with Crippen LogP contribution in [-0.2, 0) is 12.8 Å². The van der Waals surface area contributed by atoms with Crippen LogP contribution >= 0.6 is 11.6 Å². The monoisotopic (exact) mass is 384 g/mol. The zero-order valence-electron chi connectivity index (χ0n) is 16.2. The van der Waals surface area contributed by atoms with E-state index < -0.39 is 0 Å². The second-order valence-electron chi connectivity index (χ2n) is 8.08. The fourth-order valence-electron chi connectivity index (χ4n) is 4.36. The SMILES string of the molecule is CCCCC[SiH]1CCC(c2ccc(CCc3ccc(Cl)cc3)cc2)CC1. The first kappa shape index (κ1) is 19.7. The van der Waals surface area contributed by atoms with E-state index in [4.69, 9.17) is 11.6 Å². The van der Waals surface area contributed by atoms with Gasteiger partial charge < -0.3 is 0 Å². The molecule has 0 bridgehead atoms. The number of halogens is 1. The van der Waals surface area contributed by atoms with Crippen molar-refractivity contribution in [2.75, 3.05) is 0 Å². The summed E-state index contributed by atoms with van der Waals surface area (Å²) in [6.45, 7) is 2.32. The topological polar surface area (TPSA) is 0 Å². The van der Waals surface area contributed by atoms with Gasteiger partial charge in [0.05, 0.1) is 0 Å². The van der Waals surface area contributed by atoms with Crippen molar-refractivity contribution >= 4 is 20.4 Å². The lowest BCUT2D eigenvalue weighted by atomic mass is 9.92. The highest BCUT2D eigenvalue weighted by molar-refractivity contribution is 6.59. The molecule has 0 aliphatic carbocycles. The van der Waals surface area contributed by atoms with Crippen molar-refractivity contribution in [1.82, 2.24) is 0 Å². The minimum Gasteiger partial charge on any atom is -0.0843 e. The first-order chi connectivity index (χ1) is 12.7. The van der Waals surface area contributed by atoms with Gasteiger partial charge in [-0.2, -0.15) is 0 Å². The Balaban J connectivity index is 1.45. The van der Waals surface area contributed by atoms with Gasteiger partial charge in [0, 0.05) is 13.8 Å². The summed E-state index contributed by atoms with van der Waals surface area (Å²) in [6.07, 6.45) is 9.42. The molecule has 0 amide bonds. The Morgan fingerprint density at radius 3 is 2.00 bits per heavy atom. The fourth-order valence-corrected chi connectivity index (χ4v) is 7.97. The van der Waals surface area contributed by atoms with Crippen molar-refractivity contribution in [3.05, 3.63) is 70.2 Å². The second-order valence-corrected chi connectivity index (χ2v) is 12.0. The van der Waals surface area contributed by atoms with Crippen LogP contribution in [-0.4, -0.2) is 8.80 Å². The van der Waals surface area contributed by atoms with Crippen LogP contribution in [0.1, 0.15) is 61.6 Å². The van der Waals surface area contributed by atoms with Crippen molar-refractivity contribution < 1.29 is 0 Å². The van der Waals surface area contributed by atoms with E-state index in [2.05, 4.69) is 43.3 Å². The van der Waals surface area contributed by atoms with E-state index in [1.54, 1.807) is 23.7 Å². The second kappa shape index (κ2) is 10.3. The fraction of sp³-hybridized carbons (Fsp3) is 0.500. The summed E-state index contributed by atoms with van der Waals surface area (Å²) >= 11 is 5.96. The van der Waals surface area contributed by atoms with Crippen LogP contribution < -0.4 is 0 Å². The van der Waals surface area contributed by atoms with Gasteiger partial charge in [-0.15, -0.1) is 0 Å². The molecule has 0 saturated carbocycles. The molecule has 26 heavy (non-hydrogen) atoms. The van der Waals surface area contributed by atoms with E-state index >= 15 is 0 Å². The smallest absolute Gasteiger partial charge is 0.0406 e. The molecule has 1 heterocycles. The van der Waals surface area contributed by atoms with E-state index in [-0.39, 0.29) is 8.80 Å². The lowest BCUT2D eigenvalue weighted by molar-refractivity contribution is 0.603. The van der Waals surface area contributed by atoms with Gasteiger partial charge in [0.2, 0.25) is 0 Å². The number of unbranched alkanes of at least 4 members (excludes halogenated alkanes) is 2. The van der Waals surface area contributed by atoms with Gasteiger partial charge in [-0.1, -0.05) is 92.3 Å². The molecular formula is C24H33ClSi. The summed E-state index contributed by atoms with van der Waals surface area (Å²) in [7, 11) is -0.389. The summed E-state index contributed by atoms with van der Waals surface area (Å²) in [5.74, 6) is 0.829. The van der Waals surface area contributed by atoms with Crippen LogP contribution in [0.5, 0.6) is 0 Å². The number of rotatable bonds is 8. The van der Waals surface area contributed by atoms with Crippen LogP contribution in [0.25, 0.3) is 0 Å². The third-order valence-corrected chi connectivity index (χ3v) is 9.91. The highest BCUT2D eigenvalue weighted by Crippen LogP contribution is 2.35. The Kier molecular flexibility index (Phi) is 7.82. The standard InChI is InChI=1S/C24H33ClSi/c1-2-3-4-17-26-18-15-23(16-19-26)22-11-7-20(8-12-22)5-6-21-9-13-24(25)14-10-21/h7-14,23,26H,2-6,15-19H2,1H3. The number of hydrogen-bond acceptors (Lipinski definition) is 0. The Hall–Kier alpha value is -1.05. The third-order valence-electron chi connectivity index (χ3n) is 6.13. The number of benzene rings is 2. The predicted molar refractivity (Wildman–Crippen MR) is 118 cm³/mol. The van der Waals surface area contributed by atoms with Gasteiger partial charge in [0.1, 0.15) is 0 Å². The maximum atomic E-state index is 5.96. The van der Waals surface area contributed by atoms with E-state index in [0.29, 0.717) is 0 Å². The first-order valence-corrected chi connectivity index (χ1v) is 13.4. The maximum Gasteiger partial charge on any atom is 0.0406 e. The van der Waals surface area contributed by atoms with Gasteiger partial charge in [-0.25, -0.2) is 0 Å². The zero-order valence-corrected chi connectivity index (χ0v) is 18.1. The molecule has 0 N–H and O–H groups in total. The molecule has 2 aromatic carbocycles. The van der Waals surface area contributed by atoms with E-state index in [0.717, 1.165) is 23.8 Å². The first-order valence-electron chi connectivity index (χ1n) is 10.6. The molecule has 1 aliphatic heterocycles. The van der Waals surface area contributed by atoms with Crippen molar-refractivity contribution in [2.24, 2.45) is 0 Å². The summed E-state index contributed by atoms with van der Waals surface area (Å²) in [5.41, 5.74) is 4.40. The Morgan fingerprint density at radius 1 is 0.846 bits per heavy atom. The molecular weight excluding hydrogens is 352 g/mol. The van der Waals surface area contributed by atoms with E-state index in [1.807, 2.05) is 12.1 Å². The lowest BCUT2D eigenvalue weighted by Crippen LogP contribution is -2.20. The largest absolute Gasteiger partial charge is 0.0843 e. The van der Waals surface area contributed by atoms with Crippen molar-refractivity contribution in [3.63, 3.8) is 0 Å². The van der Waals surface area contributed by atoms with Crippen LogP contribution in [0.4, 0.5) is 0 Å². The Morgan fingerprint density at radius 2 is 1.42 bits per heavy atom. The minimum atomic E-state index is -0.389. The molecule has 0 unspecified atom stereocenters. The molecule has 1 fully saturated rings. The average Bonchev–Trinajstić information content (AvgIpc) is 2.69. The molecule has 0 spiro atoms. The molecule has 3 rings (SSSR count). The molecule has 1 saturated heterocycles. The van der Waals surface area contributed by atoms with E-state index in [1.165, 1.54) is 43.2 Å². The Labute approximate surface area is 166 Å². The zero-order chi connectivity index (χ0) is 18.2.